The Balaban J connectivity index is 2.82. The van der Waals surface area contributed by atoms with Crippen LogP contribution in [0.1, 0.15) is 20.8 Å². The molecule has 96 valence electrons. The predicted molar refractivity (Wildman–Crippen MR) is 64.5 cm³/mol. The molecule has 0 bridgehead atoms. The van der Waals surface area contributed by atoms with Crippen LogP contribution in [0.25, 0.3) is 0 Å². The fraction of sp³-hybridized carbons (Fsp3) is 0.556. The first-order valence-electron chi connectivity index (χ1n) is 5.03. The fourth-order valence-corrected chi connectivity index (χ4v) is 2.10. The molecule has 0 saturated heterocycles. The minimum Gasteiger partial charge on any atom is -0.292 e. The molecular formula is C9H17N5O2S. The Morgan fingerprint density at radius 3 is 2.24 bits per heavy atom. The molecule has 4 N–H and O–H groups in total. The number of sulfonamides is 1. The van der Waals surface area contributed by atoms with Crippen molar-refractivity contribution in [3.63, 3.8) is 0 Å². The van der Waals surface area contributed by atoms with Gasteiger partial charge in [0.15, 0.2) is 0 Å². The zero-order valence-corrected chi connectivity index (χ0v) is 10.9. The Hall–Kier alpha value is -1.25. The molecule has 0 radical (unpaired) electrons. The lowest BCUT2D eigenvalue weighted by Gasteiger charge is -2.18. The molecule has 0 atom stereocenters. The van der Waals surface area contributed by atoms with E-state index in [0.717, 1.165) is 0 Å². The van der Waals surface area contributed by atoms with Gasteiger partial charge in [-0.2, -0.15) is 0 Å². The second-order valence-corrected chi connectivity index (χ2v) is 6.54. The first kappa shape index (κ1) is 13.8. The van der Waals surface area contributed by atoms with Crippen LogP contribution in [0.15, 0.2) is 17.3 Å². The molecule has 0 saturated carbocycles. The molecule has 0 spiro atoms. The molecule has 1 aromatic rings. The minimum atomic E-state index is -3.56. The lowest BCUT2D eigenvalue weighted by Crippen LogP contribution is -2.32. The second-order valence-electron chi connectivity index (χ2n) is 4.77. The van der Waals surface area contributed by atoms with Crippen LogP contribution >= 0.6 is 0 Å². The normalized spacial score (nSPS) is 12.5. The average Bonchev–Trinajstić information content (AvgIpc) is 2.26. The zero-order valence-electron chi connectivity index (χ0n) is 10.1. The van der Waals surface area contributed by atoms with E-state index in [4.69, 9.17) is 5.84 Å². The average molecular weight is 259 g/mol. The maximum absolute atomic E-state index is 11.8. The Morgan fingerprint density at radius 1 is 1.29 bits per heavy atom. The number of aromatic nitrogens is 2. The van der Waals surface area contributed by atoms with Crippen molar-refractivity contribution in [3.8, 4) is 0 Å². The molecule has 0 aliphatic carbocycles. The molecule has 1 rings (SSSR count). The van der Waals surface area contributed by atoms with Crippen LogP contribution in [-0.4, -0.2) is 24.9 Å². The molecule has 0 unspecified atom stereocenters. The maximum atomic E-state index is 11.8. The third-order valence-electron chi connectivity index (χ3n) is 1.86. The lowest BCUT2D eigenvalue weighted by atomic mass is 9.98. The van der Waals surface area contributed by atoms with Gasteiger partial charge in [0.05, 0.1) is 12.4 Å². The molecule has 1 heterocycles. The largest absolute Gasteiger partial charge is 0.292 e. The van der Waals surface area contributed by atoms with Crippen LogP contribution < -0.4 is 16.0 Å². The summed E-state index contributed by atoms with van der Waals surface area (Å²) in [6.45, 7) is 6.15. The van der Waals surface area contributed by atoms with E-state index in [-0.39, 0.29) is 16.3 Å². The fourth-order valence-electron chi connectivity index (χ4n) is 0.924. The van der Waals surface area contributed by atoms with Gasteiger partial charge in [0.1, 0.15) is 4.90 Å². The van der Waals surface area contributed by atoms with Gasteiger partial charge in [-0.25, -0.2) is 29.0 Å². The number of nitrogen functional groups attached to an aromatic ring is 1. The number of hydrogen-bond donors (Lipinski definition) is 3. The van der Waals surface area contributed by atoms with Gasteiger partial charge in [0, 0.05) is 6.54 Å². The highest BCUT2D eigenvalue weighted by atomic mass is 32.2. The van der Waals surface area contributed by atoms with Crippen molar-refractivity contribution in [1.29, 1.82) is 0 Å². The summed E-state index contributed by atoms with van der Waals surface area (Å²) in [5, 5.41) is 0. The summed E-state index contributed by atoms with van der Waals surface area (Å²) in [6.07, 6.45) is 2.40. The van der Waals surface area contributed by atoms with Crippen LogP contribution in [0.3, 0.4) is 0 Å². The number of nitrogens with zero attached hydrogens (tertiary/aromatic N) is 2. The van der Waals surface area contributed by atoms with E-state index in [1.54, 1.807) is 0 Å². The van der Waals surface area contributed by atoms with Crippen LogP contribution in [0.4, 0.5) is 5.95 Å². The molecule has 17 heavy (non-hydrogen) atoms. The van der Waals surface area contributed by atoms with Gasteiger partial charge < -0.3 is 0 Å². The summed E-state index contributed by atoms with van der Waals surface area (Å²) < 4.78 is 26.2. The van der Waals surface area contributed by atoms with Gasteiger partial charge in [0.2, 0.25) is 16.0 Å². The van der Waals surface area contributed by atoms with Gasteiger partial charge in [-0.05, 0) is 5.41 Å². The van der Waals surface area contributed by atoms with Gasteiger partial charge >= 0.3 is 0 Å². The monoisotopic (exact) mass is 259 g/mol. The van der Waals surface area contributed by atoms with Crippen LogP contribution in [-0.2, 0) is 10.0 Å². The first-order valence-corrected chi connectivity index (χ1v) is 6.51. The van der Waals surface area contributed by atoms with Crippen LogP contribution in [0.5, 0.6) is 0 Å². The summed E-state index contributed by atoms with van der Waals surface area (Å²) in [5.41, 5.74) is 2.09. The molecule has 0 aromatic carbocycles. The van der Waals surface area contributed by atoms with Crippen molar-refractivity contribution in [2.24, 2.45) is 11.3 Å². The quantitative estimate of drug-likeness (QED) is 0.522. The highest BCUT2D eigenvalue weighted by molar-refractivity contribution is 7.89. The topological polar surface area (TPSA) is 110 Å². The molecule has 0 fully saturated rings. The maximum Gasteiger partial charge on any atom is 0.243 e. The van der Waals surface area contributed by atoms with Gasteiger partial charge in [-0.1, -0.05) is 20.8 Å². The van der Waals surface area contributed by atoms with Crippen molar-refractivity contribution in [2.45, 2.75) is 25.7 Å². The van der Waals surface area contributed by atoms with Gasteiger partial charge in [0.25, 0.3) is 0 Å². The summed E-state index contributed by atoms with van der Waals surface area (Å²) >= 11 is 0. The Morgan fingerprint density at radius 2 is 1.82 bits per heavy atom. The first-order chi connectivity index (χ1) is 7.74. The van der Waals surface area contributed by atoms with Crippen molar-refractivity contribution >= 4 is 16.0 Å². The number of anilines is 1. The molecule has 8 heteroatoms. The molecule has 1 aromatic heterocycles. The predicted octanol–water partition coefficient (Wildman–Crippen LogP) is 0.0866. The summed E-state index contributed by atoms with van der Waals surface area (Å²) in [6, 6.07) is 0. The summed E-state index contributed by atoms with van der Waals surface area (Å²) in [7, 11) is -3.56. The molecule has 0 aliphatic heterocycles. The Labute approximate surface area is 101 Å². The zero-order chi connectivity index (χ0) is 13.1. The standard InChI is InChI=1S/C9H17N5O2S/c1-9(2,3)6-13-17(15,16)7-4-11-8(14-10)12-5-7/h4-5,13H,6,10H2,1-3H3,(H,11,12,14). The van der Waals surface area contributed by atoms with Crippen LogP contribution in [0.2, 0.25) is 0 Å². The molecule has 0 amide bonds. The van der Waals surface area contributed by atoms with Crippen molar-refractivity contribution in [3.05, 3.63) is 12.4 Å². The highest BCUT2D eigenvalue weighted by Gasteiger charge is 2.19. The SMILES string of the molecule is CC(C)(C)CNS(=O)(=O)c1cnc(NN)nc1. The van der Waals surface area contributed by atoms with E-state index < -0.39 is 10.0 Å². The second kappa shape index (κ2) is 4.94. The Bertz CT molecular complexity index is 463. The lowest BCUT2D eigenvalue weighted by molar-refractivity contribution is 0.407. The third kappa shape index (κ3) is 4.25. The van der Waals surface area contributed by atoms with Crippen molar-refractivity contribution < 1.29 is 8.42 Å². The highest BCUT2D eigenvalue weighted by Crippen LogP contribution is 2.13. The van der Waals surface area contributed by atoms with E-state index in [0.29, 0.717) is 6.54 Å². The van der Waals surface area contributed by atoms with Gasteiger partial charge in [-0.3, -0.25) is 5.43 Å². The summed E-state index contributed by atoms with van der Waals surface area (Å²) in [5.74, 6) is 5.25. The number of nitrogens with one attached hydrogen (secondary N) is 2. The van der Waals surface area contributed by atoms with E-state index in [9.17, 15) is 8.42 Å². The van der Waals surface area contributed by atoms with E-state index in [1.807, 2.05) is 20.8 Å². The molecule has 0 aliphatic rings. The van der Waals surface area contributed by atoms with Crippen LogP contribution in [0, 0.1) is 5.41 Å². The number of hydrogen-bond acceptors (Lipinski definition) is 6. The minimum absolute atomic E-state index is 0.0146. The Kier molecular flexibility index (Phi) is 4.02. The smallest absolute Gasteiger partial charge is 0.243 e. The molecule has 7 nitrogen and oxygen atoms in total. The molecular weight excluding hydrogens is 242 g/mol. The summed E-state index contributed by atoms with van der Waals surface area (Å²) in [4.78, 5) is 7.50. The number of rotatable bonds is 4. The van der Waals surface area contributed by atoms with E-state index >= 15 is 0 Å². The van der Waals surface area contributed by atoms with E-state index in [1.165, 1.54) is 12.4 Å². The van der Waals surface area contributed by atoms with Gasteiger partial charge in [-0.15, -0.1) is 0 Å². The van der Waals surface area contributed by atoms with Crippen molar-refractivity contribution in [2.75, 3.05) is 12.0 Å². The number of nitrogens with two attached hydrogens (primary N) is 1. The van der Waals surface area contributed by atoms with Crippen molar-refractivity contribution in [1.82, 2.24) is 14.7 Å². The number of hydrazine groups is 1. The van der Waals surface area contributed by atoms with E-state index in [2.05, 4.69) is 20.1 Å². The third-order valence-corrected chi connectivity index (χ3v) is 3.22.